The van der Waals surface area contributed by atoms with Crippen LogP contribution >= 0.6 is 11.8 Å². The molecule has 0 aromatic heterocycles. The number of nitrogens with one attached hydrogen (secondary N) is 1. The maximum absolute atomic E-state index is 12.2. The van der Waals surface area contributed by atoms with Crippen molar-refractivity contribution in [3.05, 3.63) is 0 Å². The molecule has 1 rings (SSSR count). The van der Waals surface area contributed by atoms with Crippen molar-refractivity contribution < 1.29 is 38.7 Å². The monoisotopic (exact) mass is 481 g/mol. The zero-order valence-corrected chi connectivity index (χ0v) is 19.6. The third-order valence-electron chi connectivity index (χ3n) is 4.45. The van der Waals surface area contributed by atoms with Crippen LogP contribution in [0.25, 0.3) is 0 Å². The Balaban J connectivity index is 1.84. The van der Waals surface area contributed by atoms with E-state index in [-0.39, 0.29) is 49.9 Å². The highest BCUT2D eigenvalue weighted by atomic mass is 32.2. The molecule has 0 aromatic carbocycles. The molecule has 5 N–H and O–H groups in total. The molecule has 1 fully saturated rings. The normalized spacial score (nSPS) is 17.5. The second-order valence-corrected chi connectivity index (χ2v) is 8.45. The number of imide groups is 1. The van der Waals surface area contributed by atoms with Crippen molar-refractivity contribution in [1.29, 1.82) is 0 Å². The van der Waals surface area contributed by atoms with Gasteiger partial charge in [0, 0.05) is 39.1 Å². The summed E-state index contributed by atoms with van der Waals surface area (Å²) in [6.07, 6.45) is 0.912. The quantitative estimate of drug-likeness (QED) is 0.0846. The molecule has 1 saturated heterocycles. The van der Waals surface area contributed by atoms with Crippen molar-refractivity contribution >= 4 is 23.6 Å². The predicted molar refractivity (Wildman–Crippen MR) is 120 cm³/mol. The maximum Gasteiger partial charge on any atom is 0.242 e. The molecule has 12 heteroatoms. The molecule has 1 aliphatic rings. The van der Waals surface area contributed by atoms with E-state index in [0.717, 1.165) is 18.7 Å². The van der Waals surface area contributed by atoms with Gasteiger partial charge < -0.3 is 40.2 Å². The first kappa shape index (κ1) is 29.2. The van der Waals surface area contributed by atoms with Crippen molar-refractivity contribution in [3.8, 4) is 0 Å². The molecule has 32 heavy (non-hydrogen) atoms. The summed E-state index contributed by atoms with van der Waals surface area (Å²) in [5, 5.41) is 20.6. The molecule has 1 heterocycles. The second kappa shape index (κ2) is 19.6. The van der Waals surface area contributed by atoms with Gasteiger partial charge in [-0.05, 0) is 25.1 Å². The van der Waals surface area contributed by atoms with Crippen molar-refractivity contribution in [2.75, 3.05) is 78.4 Å². The summed E-state index contributed by atoms with van der Waals surface area (Å²) in [7, 11) is 0. The van der Waals surface area contributed by atoms with Crippen LogP contribution < -0.4 is 11.1 Å². The lowest BCUT2D eigenvalue weighted by atomic mass is 10.3. The Morgan fingerprint density at radius 2 is 1.72 bits per heavy atom. The minimum absolute atomic E-state index is 0.137. The first-order valence-electron chi connectivity index (χ1n) is 11.1. The lowest BCUT2D eigenvalue weighted by Crippen LogP contribution is -2.35. The van der Waals surface area contributed by atoms with E-state index in [1.807, 2.05) is 0 Å². The van der Waals surface area contributed by atoms with E-state index in [1.165, 1.54) is 16.7 Å². The topological polar surface area (TPSA) is 153 Å². The SMILES string of the molecule is NC(O)CCN1C(=O)CC(SCCCNCCOCOCCOCCOCCCO)C1=O. The molecule has 2 atom stereocenters. The van der Waals surface area contributed by atoms with Crippen molar-refractivity contribution in [2.24, 2.45) is 5.73 Å². The first-order valence-corrected chi connectivity index (χ1v) is 12.1. The lowest BCUT2D eigenvalue weighted by molar-refractivity contribution is -0.138. The fourth-order valence-electron chi connectivity index (χ4n) is 2.75. The molecular formula is C20H39N3O8S. The summed E-state index contributed by atoms with van der Waals surface area (Å²) < 4.78 is 21.2. The average Bonchev–Trinajstić information content (AvgIpc) is 3.03. The van der Waals surface area contributed by atoms with Gasteiger partial charge in [0.15, 0.2) is 0 Å². The van der Waals surface area contributed by atoms with Gasteiger partial charge in [-0.1, -0.05) is 0 Å². The van der Waals surface area contributed by atoms with Crippen LogP contribution in [0.4, 0.5) is 0 Å². The summed E-state index contributed by atoms with van der Waals surface area (Å²) in [4.78, 5) is 25.4. The number of nitrogens with two attached hydrogens (primary N) is 1. The molecule has 0 bridgehead atoms. The highest BCUT2D eigenvalue weighted by Crippen LogP contribution is 2.25. The number of aliphatic hydroxyl groups is 2. The van der Waals surface area contributed by atoms with Crippen molar-refractivity contribution in [2.45, 2.75) is 37.2 Å². The van der Waals surface area contributed by atoms with Gasteiger partial charge in [0.25, 0.3) is 0 Å². The summed E-state index contributed by atoms with van der Waals surface area (Å²) in [5.41, 5.74) is 5.27. The Kier molecular flexibility index (Phi) is 17.9. The van der Waals surface area contributed by atoms with E-state index in [9.17, 15) is 9.59 Å². The number of ether oxygens (including phenoxy) is 4. The van der Waals surface area contributed by atoms with Crippen LogP contribution in [0.1, 0.15) is 25.7 Å². The number of amides is 2. The number of nitrogens with zero attached hydrogens (tertiary/aromatic N) is 1. The van der Waals surface area contributed by atoms with E-state index in [0.29, 0.717) is 52.6 Å². The second-order valence-electron chi connectivity index (χ2n) is 7.14. The summed E-state index contributed by atoms with van der Waals surface area (Å²) >= 11 is 1.49. The predicted octanol–water partition coefficient (Wildman–Crippen LogP) is -1.10. The van der Waals surface area contributed by atoms with E-state index in [4.69, 9.17) is 34.9 Å². The highest BCUT2D eigenvalue weighted by molar-refractivity contribution is 8.00. The maximum atomic E-state index is 12.2. The van der Waals surface area contributed by atoms with Gasteiger partial charge in [-0.2, -0.15) is 0 Å². The third-order valence-corrected chi connectivity index (χ3v) is 5.74. The van der Waals surface area contributed by atoms with Gasteiger partial charge in [0.1, 0.15) is 13.0 Å². The van der Waals surface area contributed by atoms with Crippen LogP contribution in [0.15, 0.2) is 0 Å². The van der Waals surface area contributed by atoms with Gasteiger partial charge in [0.2, 0.25) is 11.8 Å². The average molecular weight is 482 g/mol. The third kappa shape index (κ3) is 14.3. The van der Waals surface area contributed by atoms with Gasteiger partial charge in [0.05, 0.1) is 38.3 Å². The van der Waals surface area contributed by atoms with Crippen LogP contribution in [0, 0.1) is 0 Å². The fourth-order valence-corrected chi connectivity index (χ4v) is 3.88. The number of thioether (sulfide) groups is 1. The van der Waals surface area contributed by atoms with Crippen LogP contribution in [0.5, 0.6) is 0 Å². The summed E-state index contributed by atoms with van der Waals surface area (Å²) in [6, 6.07) is 0. The molecule has 0 radical (unpaired) electrons. The zero-order valence-electron chi connectivity index (χ0n) is 18.7. The highest BCUT2D eigenvalue weighted by Gasteiger charge is 2.38. The summed E-state index contributed by atoms with van der Waals surface area (Å²) in [6.45, 7) is 5.03. The van der Waals surface area contributed by atoms with Gasteiger partial charge in [-0.25, -0.2) is 0 Å². The number of likely N-dealkylation sites (tertiary alicyclic amines) is 1. The Morgan fingerprint density at radius 1 is 1.03 bits per heavy atom. The van der Waals surface area contributed by atoms with Crippen LogP contribution in [-0.2, 0) is 28.5 Å². The van der Waals surface area contributed by atoms with E-state index in [1.54, 1.807) is 0 Å². The van der Waals surface area contributed by atoms with Crippen molar-refractivity contribution in [1.82, 2.24) is 10.2 Å². The van der Waals surface area contributed by atoms with Gasteiger partial charge >= 0.3 is 0 Å². The fraction of sp³-hybridized carbons (Fsp3) is 0.900. The molecule has 0 saturated carbocycles. The Bertz CT molecular complexity index is 501. The van der Waals surface area contributed by atoms with Gasteiger partial charge in [-0.3, -0.25) is 14.5 Å². The molecule has 0 aromatic rings. The number of aliphatic hydroxyl groups excluding tert-OH is 2. The minimum atomic E-state index is -1.02. The van der Waals surface area contributed by atoms with E-state index < -0.39 is 6.23 Å². The van der Waals surface area contributed by atoms with Crippen LogP contribution in [0.3, 0.4) is 0 Å². The molecule has 188 valence electrons. The standard InChI is InChI=1S/C20H39N3O8S/c21-18(25)3-6-23-19(26)15-17(20(23)27)32-14-1-4-22-5-9-30-16-31-13-12-29-11-10-28-8-2-7-24/h17-18,22,24-25H,1-16,21H2. The molecule has 11 nitrogen and oxygen atoms in total. The molecule has 0 spiro atoms. The molecule has 0 aliphatic carbocycles. The number of carbonyl (C=O) groups excluding carboxylic acids is 2. The van der Waals surface area contributed by atoms with E-state index >= 15 is 0 Å². The van der Waals surface area contributed by atoms with Crippen LogP contribution in [0.2, 0.25) is 0 Å². The van der Waals surface area contributed by atoms with E-state index in [2.05, 4.69) is 5.32 Å². The van der Waals surface area contributed by atoms with Crippen molar-refractivity contribution in [3.63, 3.8) is 0 Å². The smallest absolute Gasteiger partial charge is 0.242 e. The summed E-state index contributed by atoms with van der Waals surface area (Å²) in [5.74, 6) is 0.403. The largest absolute Gasteiger partial charge is 0.396 e. The number of hydrogen-bond acceptors (Lipinski definition) is 11. The Hall–Kier alpha value is -0.830. The Labute approximate surface area is 194 Å². The minimum Gasteiger partial charge on any atom is -0.396 e. The van der Waals surface area contributed by atoms with Gasteiger partial charge in [-0.15, -0.1) is 11.8 Å². The molecule has 2 unspecified atom stereocenters. The number of hydrogen-bond donors (Lipinski definition) is 4. The van der Waals surface area contributed by atoms with Crippen LogP contribution in [-0.4, -0.2) is 117 Å². The first-order chi connectivity index (χ1) is 15.6. The zero-order chi connectivity index (χ0) is 23.4. The lowest BCUT2D eigenvalue weighted by Gasteiger charge is -2.15. The molecule has 2 amide bonds. The molecule has 1 aliphatic heterocycles. The number of rotatable bonds is 22. The molecular weight excluding hydrogens is 442 g/mol. The Morgan fingerprint density at radius 3 is 2.44 bits per heavy atom. The number of carbonyl (C=O) groups is 2.